The number of hydrogen-bond donors (Lipinski definition) is 0. The van der Waals surface area contributed by atoms with Crippen LogP contribution >= 0.6 is 0 Å². The van der Waals surface area contributed by atoms with Gasteiger partial charge in [-0.2, -0.15) is 0 Å². The van der Waals surface area contributed by atoms with Gasteiger partial charge in [-0.3, -0.25) is 0 Å². The highest BCUT2D eigenvalue weighted by Gasteiger charge is 2.41. The second-order valence-corrected chi connectivity index (χ2v) is 5.25. The number of carbonyl (C=O) groups excluding carboxylic acids is 1. The van der Waals surface area contributed by atoms with E-state index in [1.807, 2.05) is 13.0 Å². The molecule has 20 heavy (non-hydrogen) atoms. The van der Waals surface area contributed by atoms with Crippen LogP contribution in [0.15, 0.2) is 24.3 Å². The maximum Gasteiger partial charge on any atom is 0.409 e. The van der Waals surface area contributed by atoms with Crippen molar-refractivity contribution in [3.05, 3.63) is 41.0 Å². The lowest BCUT2D eigenvalue weighted by Crippen LogP contribution is -2.30. The van der Waals surface area contributed by atoms with E-state index in [-0.39, 0.29) is 18.1 Å². The molecule has 2 aliphatic rings. The predicted octanol–water partition coefficient (Wildman–Crippen LogP) is 2.78. The molecule has 1 fully saturated rings. The van der Waals surface area contributed by atoms with E-state index in [1.54, 1.807) is 4.90 Å². The molecule has 2 atom stereocenters. The molecule has 0 aromatic heterocycles. The standard InChI is InChI=1S/C16H19NO3/c1-3-5-11-6-4-7-12-13-8-17(16(18)19-2)9-15(13)20-10-14(11)12/h3-7,13,15H,8-10H2,1-2H3/b5-3-. The summed E-state index contributed by atoms with van der Waals surface area (Å²) in [5.41, 5.74) is 3.77. The second-order valence-electron chi connectivity index (χ2n) is 5.25. The summed E-state index contributed by atoms with van der Waals surface area (Å²) in [6, 6.07) is 6.34. The lowest BCUT2D eigenvalue weighted by molar-refractivity contribution is 0.0248. The van der Waals surface area contributed by atoms with E-state index in [0.29, 0.717) is 19.7 Å². The van der Waals surface area contributed by atoms with Crippen molar-refractivity contribution in [1.82, 2.24) is 4.90 Å². The maximum absolute atomic E-state index is 11.7. The summed E-state index contributed by atoms with van der Waals surface area (Å²) in [4.78, 5) is 13.4. The van der Waals surface area contributed by atoms with Crippen molar-refractivity contribution < 1.29 is 14.3 Å². The monoisotopic (exact) mass is 273 g/mol. The second kappa shape index (κ2) is 5.29. The molecular formula is C16H19NO3. The molecule has 106 valence electrons. The van der Waals surface area contributed by atoms with E-state index < -0.39 is 0 Å². The summed E-state index contributed by atoms with van der Waals surface area (Å²) >= 11 is 0. The Labute approximate surface area is 119 Å². The number of benzene rings is 1. The van der Waals surface area contributed by atoms with E-state index in [2.05, 4.69) is 24.3 Å². The lowest BCUT2D eigenvalue weighted by atomic mass is 9.87. The van der Waals surface area contributed by atoms with Crippen molar-refractivity contribution in [2.75, 3.05) is 20.2 Å². The van der Waals surface area contributed by atoms with Gasteiger partial charge in [-0.1, -0.05) is 30.4 Å². The highest BCUT2D eigenvalue weighted by molar-refractivity contribution is 5.68. The van der Waals surface area contributed by atoms with Gasteiger partial charge in [0.1, 0.15) is 0 Å². The first-order valence-electron chi connectivity index (χ1n) is 6.93. The van der Waals surface area contributed by atoms with Crippen LogP contribution in [0.2, 0.25) is 0 Å². The summed E-state index contributed by atoms with van der Waals surface area (Å²) in [7, 11) is 1.42. The number of carbonyl (C=O) groups is 1. The van der Waals surface area contributed by atoms with Gasteiger partial charge in [0.25, 0.3) is 0 Å². The van der Waals surface area contributed by atoms with Gasteiger partial charge in [-0.25, -0.2) is 4.79 Å². The zero-order valence-corrected chi connectivity index (χ0v) is 11.8. The van der Waals surface area contributed by atoms with Crippen molar-refractivity contribution in [3.63, 3.8) is 0 Å². The first-order chi connectivity index (χ1) is 9.74. The van der Waals surface area contributed by atoms with Gasteiger partial charge < -0.3 is 14.4 Å². The zero-order valence-electron chi connectivity index (χ0n) is 11.8. The maximum atomic E-state index is 11.7. The largest absolute Gasteiger partial charge is 0.453 e. The van der Waals surface area contributed by atoms with Crippen LogP contribution in [0.4, 0.5) is 4.79 Å². The van der Waals surface area contributed by atoms with Crippen molar-refractivity contribution in [2.24, 2.45) is 0 Å². The van der Waals surface area contributed by atoms with Crippen LogP contribution in [0.3, 0.4) is 0 Å². The molecule has 2 aliphatic heterocycles. The highest BCUT2D eigenvalue weighted by Crippen LogP contribution is 2.38. The third kappa shape index (κ3) is 2.10. The highest BCUT2D eigenvalue weighted by atomic mass is 16.5. The van der Waals surface area contributed by atoms with E-state index in [0.717, 1.165) is 0 Å². The van der Waals surface area contributed by atoms with Crippen molar-refractivity contribution in [3.8, 4) is 0 Å². The Morgan fingerprint density at radius 1 is 1.45 bits per heavy atom. The quantitative estimate of drug-likeness (QED) is 0.789. The number of fused-ring (bicyclic) bond motifs is 3. The number of rotatable bonds is 1. The van der Waals surface area contributed by atoms with Gasteiger partial charge in [-0.05, 0) is 23.6 Å². The van der Waals surface area contributed by atoms with Crippen LogP contribution in [-0.4, -0.2) is 37.3 Å². The first-order valence-corrected chi connectivity index (χ1v) is 6.93. The number of hydrogen-bond acceptors (Lipinski definition) is 3. The number of nitrogens with zero attached hydrogens (tertiary/aromatic N) is 1. The molecule has 1 amide bonds. The Kier molecular flexibility index (Phi) is 3.49. The van der Waals surface area contributed by atoms with Crippen molar-refractivity contribution in [1.29, 1.82) is 0 Å². The van der Waals surface area contributed by atoms with Crippen LogP contribution in [-0.2, 0) is 16.1 Å². The molecule has 0 aliphatic carbocycles. The fraction of sp³-hybridized carbons (Fsp3) is 0.438. The summed E-state index contributed by atoms with van der Waals surface area (Å²) in [6.45, 7) is 3.92. The summed E-state index contributed by atoms with van der Waals surface area (Å²) in [5, 5.41) is 0. The molecule has 1 saturated heterocycles. The summed E-state index contributed by atoms with van der Waals surface area (Å²) < 4.78 is 10.8. The first kappa shape index (κ1) is 13.2. The predicted molar refractivity (Wildman–Crippen MR) is 76.4 cm³/mol. The summed E-state index contributed by atoms with van der Waals surface area (Å²) in [5.74, 6) is 0.253. The Balaban J connectivity index is 1.92. The van der Waals surface area contributed by atoms with Crippen LogP contribution in [0.5, 0.6) is 0 Å². The molecule has 3 rings (SSSR count). The van der Waals surface area contributed by atoms with E-state index in [9.17, 15) is 4.79 Å². The zero-order chi connectivity index (χ0) is 14.1. The third-order valence-corrected chi connectivity index (χ3v) is 4.13. The molecule has 0 spiro atoms. The van der Waals surface area contributed by atoms with Crippen LogP contribution in [0, 0.1) is 0 Å². The molecule has 1 aromatic carbocycles. The number of methoxy groups -OCH3 is 1. The topological polar surface area (TPSA) is 38.8 Å². The average molecular weight is 273 g/mol. The molecule has 0 bridgehead atoms. The number of likely N-dealkylation sites (tertiary alicyclic amines) is 1. The molecule has 4 heteroatoms. The van der Waals surface area contributed by atoms with Gasteiger partial charge in [0, 0.05) is 12.5 Å². The SMILES string of the molecule is C/C=C\c1cccc2c1COC1CN(C(=O)OC)CC21. The van der Waals surface area contributed by atoms with Crippen LogP contribution in [0.1, 0.15) is 29.5 Å². The normalized spacial score (nSPS) is 24.6. The average Bonchev–Trinajstić information content (AvgIpc) is 2.91. The number of allylic oxidation sites excluding steroid dienone is 1. The van der Waals surface area contributed by atoms with Crippen LogP contribution < -0.4 is 0 Å². The molecule has 2 unspecified atom stereocenters. The molecule has 4 nitrogen and oxygen atoms in total. The number of ether oxygens (including phenoxy) is 2. The summed E-state index contributed by atoms with van der Waals surface area (Å²) in [6.07, 6.45) is 3.96. The molecule has 1 aromatic rings. The fourth-order valence-electron chi connectivity index (χ4n) is 3.18. The van der Waals surface area contributed by atoms with Crippen molar-refractivity contribution in [2.45, 2.75) is 25.6 Å². The Bertz CT molecular complexity index is 553. The minimum Gasteiger partial charge on any atom is -0.453 e. The van der Waals surface area contributed by atoms with E-state index in [1.165, 1.54) is 23.8 Å². The molecule has 0 N–H and O–H groups in total. The van der Waals surface area contributed by atoms with Crippen LogP contribution in [0.25, 0.3) is 6.08 Å². The third-order valence-electron chi connectivity index (χ3n) is 4.13. The van der Waals surface area contributed by atoms with Crippen molar-refractivity contribution >= 4 is 12.2 Å². The molecule has 0 saturated carbocycles. The van der Waals surface area contributed by atoms with Gasteiger partial charge in [0.05, 0.1) is 26.4 Å². The fourth-order valence-corrected chi connectivity index (χ4v) is 3.18. The van der Waals surface area contributed by atoms with Gasteiger partial charge in [-0.15, -0.1) is 0 Å². The minimum absolute atomic E-state index is 0.0856. The smallest absolute Gasteiger partial charge is 0.409 e. The Hall–Kier alpha value is -1.81. The van der Waals surface area contributed by atoms with Gasteiger partial charge >= 0.3 is 6.09 Å². The number of amides is 1. The Morgan fingerprint density at radius 3 is 3.05 bits per heavy atom. The molecular weight excluding hydrogens is 254 g/mol. The molecule has 2 heterocycles. The lowest BCUT2D eigenvalue weighted by Gasteiger charge is -2.28. The van der Waals surface area contributed by atoms with E-state index >= 15 is 0 Å². The Morgan fingerprint density at radius 2 is 2.30 bits per heavy atom. The van der Waals surface area contributed by atoms with E-state index in [4.69, 9.17) is 9.47 Å². The van der Waals surface area contributed by atoms with Gasteiger partial charge in [0.2, 0.25) is 0 Å². The minimum atomic E-state index is -0.269. The molecule has 0 radical (unpaired) electrons. The van der Waals surface area contributed by atoms with Gasteiger partial charge in [0.15, 0.2) is 0 Å².